The Morgan fingerprint density at radius 1 is 1.30 bits per heavy atom. The number of nitrogens with zero attached hydrogens (tertiary/aromatic N) is 6. The number of aromatic amines is 1. The van der Waals surface area contributed by atoms with Crippen LogP contribution in [0.5, 0.6) is 0 Å². The minimum absolute atomic E-state index is 0.134. The first-order valence-electron chi connectivity index (χ1n) is 13.0. The van der Waals surface area contributed by atoms with E-state index in [0.29, 0.717) is 25.2 Å². The van der Waals surface area contributed by atoms with Gasteiger partial charge < -0.3 is 5.11 Å². The lowest BCUT2D eigenvalue weighted by Gasteiger charge is -2.42. The minimum atomic E-state index is -0.828. The molecule has 2 aliphatic rings. The quantitative estimate of drug-likeness (QED) is 0.433. The molecule has 1 aromatic carbocycles. The number of carboxylic acid groups (broad SMARTS) is 1. The predicted molar refractivity (Wildman–Crippen MR) is 139 cm³/mol. The van der Waals surface area contributed by atoms with Gasteiger partial charge in [-0.2, -0.15) is 5.21 Å². The number of aromatic nitrogens is 6. The first kappa shape index (κ1) is 24.9. The normalized spacial score (nSPS) is 24.8. The number of carboxylic acids is 1. The van der Waals surface area contributed by atoms with Crippen molar-refractivity contribution in [3.05, 3.63) is 64.5 Å². The van der Waals surface area contributed by atoms with Crippen molar-refractivity contribution >= 4 is 12.2 Å². The van der Waals surface area contributed by atoms with Gasteiger partial charge in [-0.3, -0.25) is 18.9 Å². The molecule has 1 aliphatic heterocycles. The van der Waals surface area contributed by atoms with Crippen LogP contribution in [0, 0.1) is 11.8 Å². The van der Waals surface area contributed by atoms with Crippen LogP contribution in [0.15, 0.2) is 52.5 Å². The molecule has 37 heavy (non-hydrogen) atoms. The van der Waals surface area contributed by atoms with E-state index in [1.165, 1.54) is 0 Å². The Bertz CT molecular complexity index is 1370. The van der Waals surface area contributed by atoms with Crippen LogP contribution in [0.1, 0.15) is 63.3 Å². The molecule has 1 fully saturated rings. The van der Waals surface area contributed by atoms with Crippen molar-refractivity contribution in [1.29, 1.82) is 0 Å². The topological polar surface area (TPSA) is 131 Å². The van der Waals surface area contributed by atoms with Gasteiger partial charge in [0.2, 0.25) is 5.82 Å². The number of nitrogens with one attached hydrogen (secondary N) is 1. The van der Waals surface area contributed by atoms with Crippen LogP contribution in [-0.4, -0.2) is 47.0 Å². The van der Waals surface area contributed by atoms with Gasteiger partial charge in [-0.1, -0.05) is 51.0 Å². The number of H-pyrrole nitrogens is 1. The lowest BCUT2D eigenvalue weighted by Crippen LogP contribution is -2.47. The molecule has 3 aromatic rings. The van der Waals surface area contributed by atoms with Gasteiger partial charge in [-0.25, -0.2) is 4.79 Å². The van der Waals surface area contributed by atoms with Crippen LogP contribution in [0.4, 0.5) is 0 Å². The second-order valence-corrected chi connectivity index (χ2v) is 10.2. The van der Waals surface area contributed by atoms with Crippen LogP contribution in [0.2, 0.25) is 0 Å². The fourth-order valence-corrected chi connectivity index (χ4v) is 5.79. The van der Waals surface area contributed by atoms with E-state index in [0.717, 1.165) is 42.5 Å². The lowest BCUT2D eigenvalue weighted by molar-refractivity contribution is -0.150. The number of aryl methyl sites for hydroxylation is 1. The summed E-state index contributed by atoms with van der Waals surface area (Å²) in [6.45, 7) is 4.62. The van der Waals surface area contributed by atoms with Gasteiger partial charge in [0.1, 0.15) is 0 Å². The molecule has 4 unspecified atom stereocenters. The SMILES string of the molecule is CCCCc1cn(C2C(CC)CC2C(=O)O)c(=O)n1CC1(c2cccc(-c3nn[nH]n3)c2)C=CN=CC1. The molecule has 10 nitrogen and oxygen atoms in total. The summed E-state index contributed by atoms with van der Waals surface area (Å²) < 4.78 is 3.58. The predicted octanol–water partition coefficient (Wildman–Crippen LogP) is 3.77. The van der Waals surface area contributed by atoms with E-state index in [9.17, 15) is 14.7 Å². The zero-order valence-electron chi connectivity index (χ0n) is 21.2. The molecule has 0 radical (unpaired) electrons. The Morgan fingerprint density at radius 2 is 2.16 bits per heavy atom. The molecule has 1 saturated carbocycles. The van der Waals surface area contributed by atoms with Crippen molar-refractivity contribution in [3.63, 3.8) is 0 Å². The van der Waals surface area contributed by atoms with E-state index in [4.69, 9.17) is 0 Å². The molecule has 10 heteroatoms. The van der Waals surface area contributed by atoms with Gasteiger partial charge in [0.05, 0.1) is 12.0 Å². The standard InChI is InChI=1S/C27H33N7O3/c1-3-5-9-21-16-33(23-18(4-2)15-22(23)25(35)36)26(37)34(21)17-27(10-12-28-13-11-27)20-8-6-7-19(14-20)24-29-31-32-30-24/h6-8,10,12-14,16,18,22-23H,3-5,9,11,15,17H2,1-2H3,(H,35,36)(H,29,30,31,32). The first-order chi connectivity index (χ1) is 18.0. The smallest absolute Gasteiger partial charge is 0.328 e. The third kappa shape index (κ3) is 4.56. The highest BCUT2D eigenvalue weighted by molar-refractivity contribution is 5.72. The highest BCUT2D eigenvalue weighted by Gasteiger charge is 2.47. The largest absolute Gasteiger partial charge is 0.481 e. The maximum Gasteiger partial charge on any atom is 0.328 e. The van der Waals surface area contributed by atoms with Crippen LogP contribution >= 0.6 is 0 Å². The van der Waals surface area contributed by atoms with Gasteiger partial charge in [0, 0.05) is 41.8 Å². The van der Waals surface area contributed by atoms with E-state index in [-0.39, 0.29) is 17.6 Å². The van der Waals surface area contributed by atoms with E-state index >= 15 is 0 Å². The Hall–Kier alpha value is -3.82. The number of hydrogen-bond acceptors (Lipinski definition) is 6. The van der Waals surface area contributed by atoms with Crippen LogP contribution in [0.3, 0.4) is 0 Å². The average Bonchev–Trinajstić information content (AvgIpc) is 3.53. The van der Waals surface area contributed by atoms with Crippen molar-refractivity contribution in [3.8, 4) is 11.4 Å². The zero-order valence-corrected chi connectivity index (χ0v) is 21.2. The summed E-state index contributed by atoms with van der Waals surface area (Å²) in [7, 11) is 0. The minimum Gasteiger partial charge on any atom is -0.481 e. The Balaban J connectivity index is 1.58. The molecule has 4 atom stereocenters. The number of aliphatic carboxylic acids is 1. The lowest BCUT2D eigenvalue weighted by atomic mass is 9.68. The summed E-state index contributed by atoms with van der Waals surface area (Å²) in [6.07, 6.45) is 12.5. The van der Waals surface area contributed by atoms with Crippen LogP contribution < -0.4 is 5.69 Å². The molecule has 5 rings (SSSR count). The third-order valence-electron chi connectivity index (χ3n) is 8.01. The number of carbonyl (C=O) groups is 1. The second-order valence-electron chi connectivity index (χ2n) is 10.2. The molecular formula is C27H33N7O3. The summed E-state index contributed by atoms with van der Waals surface area (Å²) in [5.41, 5.74) is 2.17. The number of unbranched alkanes of at least 4 members (excludes halogenated alkanes) is 1. The Morgan fingerprint density at radius 3 is 2.84 bits per heavy atom. The van der Waals surface area contributed by atoms with E-state index < -0.39 is 17.3 Å². The fraction of sp³-hybridized carbons (Fsp3) is 0.481. The number of hydrogen-bond donors (Lipinski definition) is 2. The van der Waals surface area contributed by atoms with Crippen molar-refractivity contribution in [2.75, 3.05) is 0 Å². The molecule has 0 bridgehead atoms. The molecule has 3 heterocycles. The Labute approximate surface area is 215 Å². The van der Waals surface area contributed by atoms with Crippen molar-refractivity contribution < 1.29 is 9.90 Å². The van der Waals surface area contributed by atoms with Gasteiger partial charge in [-0.05, 0) is 48.4 Å². The number of rotatable bonds is 10. The molecular weight excluding hydrogens is 470 g/mol. The molecule has 1 aliphatic carbocycles. The zero-order chi connectivity index (χ0) is 26.0. The first-order valence-corrected chi connectivity index (χ1v) is 13.0. The Kier molecular flexibility index (Phi) is 6.90. The van der Waals surface area contributed by atoms with Gasteiger partial charge >= 0.3 is 11.7 Å². The monoisotopic (exact) mass is 503 g/mol. The van der Waals surface area contributed by atoms with Crippen LogP contribution in [0.25, 0.3) is 11.4 Å². The maximum atomic E-state index is 14.0. The molecule has 0 saturated heterocycles. The van der Waals surface area contributed by atoms with E-state index in [2.05, 4.69) is 51.6 Å². The summed E-state index contributed by atoms with van der Waals surface area (Å²) in [5.74, 6) is -0.658. The summed E-state index contributed by atoms with van der Waals surface area (Å²) >= 11 is 0. The number of tetrazole rings is 1. The van der Waals surface area contributed by atoms with Gasteiger partial charge in [0.25, 0.3) is 0 Å². The molecule has 2 N–H and O–H groups in total. The number of aliphatic imine (C=N–C) groups is 1. The maximum absolute atomic E-state index is 14.0. The number of allylic oxidation sites excluding steroid dienone is 1. The van der Waals surface area contributed by atoms with Crippen molar-refractivity contribution in [2.24, 2.45) is 16.8 Å². The number of benzene rings is 1. The van der Waals surface area contributed by atoms with Gasteiger partial charge in [-0.15, -0.1) is 10.2 Å². The van der Waals surface area contributed by atoms with Gasteiger partial charge in [0.15, 0.2) is 0 Å². The highest BCUT2D eigenvalue weighted by Crippen LogP contribution is 2.46. The number of imidazole rings is 1. The highest BCUT2D eigenvalue weighted by atomic mass is 16.4. The molecule has 0 amide bonds. The summed E-state index contributed by atoms with van der Waals surface area (Å²) in [6, 6.07) is 7.69. The fourth-order valence-electron chi connectivity index (χ4n) is 5.79. The third-order valence-corrected chi connectivity index (χ3v) is 8.01. The van der Waals surface area contributed by atoms with E-state index in [1.807, 2.05) is 35.2 Å². The summed E-state index contributed by atoms with van der Waals surface area (Å²) in [4.78, 5) is 30.2. The molecule has 194 valence electrons. The second kappa shape index (κ2) is 10.3. The summed E-state index contributed by atoms with van der Waals surface area (Å²) in [5, 5.41) is 24.2. The molecule has 2 aromatic heterocycles. The van der Waals surface area contributed by atoms with Crippen molar-refractivity contribution in [1.82, 2.24) is 29.8 Å². The van der Waals surface area contributed by atoms with Crippen LogP contribution in [-0.2, 0) is 23.2 Å². The average molecular weight is 504 g/mol. The molecule has 0 spiro atoms. The van der Waals surface area contributed by atoms with Crippen molar-refractivity contribution in [2.45, 2.75) is 70.4 Å². The van der Waals surface area contributed by atoms with E-state index in [1.54, 1.807) is 10.8 Å².